The van der Waals surface area contributed by atoms with Gasteiger partial charge in [-0.1, -0.05) is 72.8 Å². The number of fused-ring (bicyclic) bond motifs is 10. The summed E-state index contributed by atoms with van der Waals surface area (Å²) in [4.78, 5) is 9.19. The molecule has 0 bridgehead atoms. The van der Waals surface area contributed by atoms with Crippen molar-refractivity contribution in [3.8, 4) is 44.5 Å². The number of nitrogens with zero attached hydrogens (tertiary/aromatic N) is 2. The molecule has 0 amide bonds. The van der Waals surface area contributed by atoms with E-state index in [1.807, 2.05) is 12.3 Å². The summed E-state index contributed by atoms with van der Waals surface area (Å²) in [7, 11) is 0. The molecule has 0 radical (unpaired) electrons. The number of hydrogen-bond donors (Lipinski definition) is 0. The van der Waals surface area contributed by atoms with Crippen molar-refractivity contribution in [1.29, 1.82) is 0 Å². The molecule has 1 aliphatic carbocycles. The molecule has 0 saturated heterocycles. The van der Waals surface area contributed by atoms with Gasteiger partial charge in [-0.2, -0.15) is 0 Å². The first kappa shape index (κ1) is 15.3. The van der Waals surface area contributed by atoms with Gasteiger partial charge in [0.2, 0.25) is 0 Å². The molecular weight excluding hydrogens is 340 g/mol. The number of benzene rings is 3. The Balaban J connectivity index is 1.88. The van der Waals surface area contributed by atoms with Gasteiger partial charge in [0.25, 0.3) is 0 Å². The fourth-order valence-corrected chi connectivity index (χ4v) is 4.37. The Morgan fingerprint density at radius 3 is 1.54 bits per heavy atom. The van der Waals surface area contributed by atoms with Crippen molar-refractivity contribution in [3.05, 3.63) is 97.3 Å². The van der Waals surface area contributed by atoms with Crippen LogP contribution in [0.1, 0.15) is 0 Å². The minimum absolute atomic E-state index is 0.780. The Morgan fingerprint density at radius 1 is 0.429 bits per heavy atom. The maximum atomic E-state index is 4.68. The summed E-state index contributed by atoms with van der Waals surface area (Å²) in [5.74, 6) is 0. The third-order valence-electron chi connectivity index (χ3n) is 5.56. The summed E-state index contributed by atoms with van der Waals surface area (Å²) in [6, 6.07) is 30.1. The van der Waals surface area contributed by atoms with E-state index < -0.39 is 0 Å². The lowest BCUT2D eigenvalue weighted by molar-refractivity contribution is 1.29. The van der Waals surface area contributed by atoms with Crippen LogP contribution in [0.15, 0.2) is 97.3 Å². The zero-order chi connectivity index (χ0) is 18.5. The van der Waals surface area contributed by atoms with Crippen LogP contribution in [0.3, 0.4) is 0 Å². The molecule has 2 heteroatoms. The second-order valence-electron chi connectivity index (χ2n) is 7.06. The molecule has 0 atom stereocenters. The summed E-state index contributed by atoms with van der Waals surface area (Å²) in [6.45, 7) is 0. The normalized spacial score (nSPS) is 11.6. The van der Waals surface area contributed by atoms with E-state index in [9.17, 15) is 0 Å². The maximum absolute atomic E-state index is 4.68. The number of hydrogen-bond acceptors (Lipinski definition) is 2. The molecule has 5 aromatic rings. The number of aromatic nitrogens is 2. The van der Waals surface area contributed by atoms with Crippen molar-refractivity contribution in [3.63, 3.8) is 0 Å². The van der Waals surface area contributed by atoms with Crippen molar-refractivity contribution < 1.29 is 0 Å². The van der Waals surface area contributed by atoms with Crippen molar-refractivity contribution >= 4 is 11.0 Å². The van der Waals surface area contributed by atoms with Gasteiger partial charge < -0.3 is 0 Å². The molecule has 2 heterocycles. The fraction of sp³-hybridized carbons (Fsp3) is 0. The SMILES string of the molecule is c1ccc2c(c1)-c1ccccc1-c1cnc3ncccc3c1-c1ccccc1-2. The molecule has 2 aromatic heterocycles. The molecule has 0 saturated carbocycles. The van der Waals surface area contributed by atoms with Gasteiger partial charge in [0.15, 0.2) is 5.65 Å². The van der Waals surface area contributed by atoms with Crippen LogP contribution in [0.2, 0.25) is 0 Å². The van der Waals surface area contributed by atoms with Crippen molar-refractivity contribution in [2.24, 2.45) is 0 Å². The van der Waals surface area contributed by atoms with Crippen molar-refractivity contribution in [1.82, 2.24) is 9.97 Å². The smallest absolute Gasteiger partial charge is 0.159 e. The molecule has 0 aliphatic heterocycles. The summed E-state index contributed by atoms with van der Waals surface area (Å²) < 4.78 is 0. The van der Waals surface area contributed by atoms with Gasteiger partial charge in [-0.15, -0.1) is 0 Å². The number of rotatable bonds is 0. The Hall–Kier alpha value is -3.78. The molecule has 0 unspecified atom stereocenters. The second kappa shape index (κ2) is 5.86. The van der Waals surface area contributed by atoms with Crippen LogP contribution in [0.4, 0.5) is 0 Å². The third kappa shape index (κ3) is 2.09. The van der Waals surface area contributed by atoms with Crippen LogP contribution in [0.25, 0.3) is 55.5 Å². The highest BCUT2D eigenvalue weighted by molar-refractivity contribution is 6.09. The first-order valence-corrected chi connectivity index (χ1v) is 9.44. The van der Waals surface area contributed by atoms with E-state index in [4.69, 9.17) is 0 Å². The zero-order valence-corrected chi connectivity index (χ0v) is 15.1. The van der Waals surface area contributed by atoms with Crippen LogP contribution in [0, 0.1) is 0 Å². The summed E-state index contributed by atoms with van der Waals surface area (Å²) in [5.41, 5.74) is 10.5. The standard InChI is InChI=1S/C26H16N2/c1-2-9-18-17(8-1)19-10-3-4-12-21(19)24-16-28-26-23(14-7-15-27-26)25(24)22-13-6-5-11-20(18)22/h1-16H. The Kier molecular flexibility index (Phi) is 3.20. The largest absolute Gasteiger partial charge is 0.237 e. The van der Waals surface area contributed by atoms with E-state index >= 15 is 0 Å². The van der Waals surface area contributed by atoms with E-state index in [2.05, 4.69) is 88.8 Å². The minimum atomic E-state index is 0.780. The van der Waals surface area contributed by atoms with Gasteiger partial charge in [0.05, 0.1) is 0 Å². The predicted molar refractivity (Wildman–Crippen MR) is 115 cm³/mol. The summed E-state index contributed by atoms with van der Waals surface area (Å²) in [5, 5.41) is 1.08. The molecule has 2 nitrogen and oxygen atoms in total. The van der Waals surface area contributed by atoms with E-state index in [0.29, 0.717) is 0 Å². The molecule has 0 N–H and O–H groups in total. The molecule has 28 heavy (non-hydrogen) atoms. The maximum Gasteiger partial charge on any atom is 0.159 e. The van der Waals surface area contributed by atoms with E-state index in [-0.39, 0.29) is 0 Å². The second-order valence-corrected chi connectivity index (χ2v) is 7.06. The highest BCUT2D eigenvalue weighted by atomic mass is 14.8. The Bertz CT molecular complexity index is 1360. The monoisotopic (exact) mass is 356 g/mol. The van der Waals surface area contributed by atoms with Crippen molar-refractivity contribution in [2.75, 3.05) is 0 Å². The lowest BCUT2D eigenvalue weighted by atomic mass is 9.80. The highest BCUT2D eigenvalue weighted by Gasteiger charge is 2.23. The zero-order valence-electron chi connectivity index (χ0n) is 15.1. The summed E-state index contributed by atoms with van der Waals surface area (Å²) in [6.07, 6.45) is 3.79. The van der Waals surface area contributed by atoms with Crippen molar-refractivity contribution in [2.45, 2.75) is 0 Å². The van der Waals surface area contributed by atoms with Crippen LogP contribution in [-0.2, 0) is 0 Å². The Morgan fingerprint density at radius 2 is 0.929 bits per heavy atom. The fourth-order valence-electron chi connectivity index (χ4n) is 4.37. The number of pyridine rings is 2. The molecular formula is C26H16N2. The van der Waals surface area contributed by atoms with Gasteiger partial charge in [-0.25, -0.2) is 9.97 Å². The van der Waals surface area contributed by atoms with Gasteiger partial charge in [0.1, 0.15) is 0 Å². The molecule has 0 spiro atoms. The Labute approximate surface area is 163 Å². The summed E-state index contributed by atoms with van der Waals surface area (Å²) >= 11 is 0. The molecule has 3 aromatic carbocycles. The topological polar surface area (TPSA) is 25.8 Å². The van der Waals surface area contributed by atoms with Gasteiger partial charge in [0, 0.05) is 28.9 Å². The van der Waals surface area contributed by atoms with Gasteiger partial charge in [-0.05, 0) is 45.5 Å². The average Bonchev–Trinajstić information content (AvgIpc) is 2.77. The minimum Gasteiger partial charge on any atom is -0.237 e. The highest BCUT2D eigenvalue weighted by Crippen LogP contribution is 2.48. The van der Waals surface area contributed by atoms with Gasteiger partial charge in [-0.3, -0.25) is 0 Å². The average molecular weight is 356 g/mol. The lowest BCUT2D eigenvalue weighted by Crippen LogP contribution is -1.99. The third-order valence-corrected chi connectivity index (χ3v) is 5.56. The van der Waals surface area contributed by atoms with Gasteiger partial charge >= 0.3 is 0 Å². The van der Waals surface area contributed by atoms with Crippen LogP contribution >= 0.6 is 0 Å². The molecule has 0 fully saturated rings. The quantitative estimate of drug-likeness (QED) is 0.306. The van der Waals surface area contributed by atoms with E-state index in [0.717, 1.165) is 16.6 Å². The molecule has 1 aliphatic rings. The first-order chi connectivity index (χ1) is 13.9. The van der Waals surface area contributed by atoms with Crippen LogP contribution in [-0.4, -0.2) is 9.97 Å². The van der Waals surface area contributed by atoms with E-state index in [1.54, 1.807) is 6.20 Å². The predicted octanol–water partition coefficient (Wildman–Crippen LogP) is 6.61. The van der Waals surface area contributed by atoms with Crippen LogP contribution < -0.4 is 0 Å². The molecule has 130 valence electrons. The van der Waals surface area contributed by atoms with E-state index in [1.165, 1.54) is 38.9 Å². The lowest BCUT2D eigenvalue weighted by Gasteiger charge is -2.23. The molecule has 6 rings (SSSR count). The first-order valence-electron chi connectivity index (χ1n) is 9.44. The van der Waals surface area contributed by atoms with Crippen LogP contribution in [0.5, 0.6) is 0 Å².